The number of thiazole rings is 1. The molecule has 168 valence electrons. The maximum Gasteiger partial charge on any atom is 0.238 e. The molecule has 1 aromatic heterocycles. The predicted molar refractivity (Wildman–Crippen MR) is 131 cm³/mol. The van der Waals surface area contributed by atoms with Crippen molar-refractivity contribution in [1.82, 2.24) is 9.88 Å². The summed E-state index contributed by atoms with van der Waals surface area (Å²) in [6.45, 7) is 2.10. The third kappa shape index (κ3) is 6.00. The van der Waals surface area contributed by atoms with Gasteiger partial charge < -0.3 is 10.6 Å². The number of benzene rings is 3. The van der Waals surface area contributed by atoms with E-state index in [-0.39, 0.29) is 24.9 Å². The Morgan fingerprint density at radius 1 is 0.939 bits per heavy atom. The van der Waals surface area contributed by atoms with E-state index in [9.17, 15) is 14.0 Å². The van der Waals surface area contributed by atoms with Crippen LogP contribution < -0.4 is 10.6 Å². The minimum Gasteiger partial charge on any atom is -0.325 e. The first-order valence-corrected chi connectivity index (χ1v) is 11.2. The minimum atomic E-state index is -0.426. The molecule has 0 bridgehead atoms. The largest absolute Gasteiger partial charge is 0.325 e. The molecule has 2 N–H and O–H groups in total. The van der Waals surface area contributed by atoms with E-state index in [0.29, 0.717) is 11.4 Å². The molecule has 6 nitrogen and oxygen atoms in total. The van der Waals surface area contributed by atoms with E-state index in [1.165, 1.54) is 23.8 Å². The first kappa shape index (κ1) is 22.6. The number of aromatic nitrogens is 1. The Kier molecular flexibility index (Phi) is 6.76. The highest BCUT2D eigenvalue weighted by Gasteiger charge is 2.12. The number of anilines is 2. The van der Waals surface area contributed by atoms with E-state index >= 15 is 0 Å². The highest BCUT2D eigenvalue weighted by molar-refractivity contribution is 7.21. The summed E-state index contributed by atoms with van der Waals surface area (Å²) in [5.74, 6) is -0.990. The zero-order valence-electron chi connectivity index (χ0n) is 18.3. The fourth-order valence-electron chi connectivity index (χ4n) is 3.36. The molecule has 0 saturated heterocycles. The second-order valence-corrected chi connectivity index (χ2v) is 8.88. The van der Waals surface area contributed by atoms with Crippen LogP contribution in [0, 0.1) is 12.7 Å². The van der Waals surface area contributed by atoms with Crippen molar-refractivity contribution in [3.05, 3.63) is 78.1 Å². The number of halogens is 1. The van der Waals surface area contributed by atoms with Crippen LogP contribution in [0.3, 0.4) is 0 Å². The van der Waals surface area contributed by atoms with Gasteiger partial charge in [0.2, 0.25) is 11.8 Å². The highest BCUT2D eigenvalue weighted by atomic mass is 32.1. The minimum absolute atomic E-state index is 0.0000476. The van der Waals surface area contributed by atoms with E-state index in [1.54, 1.807) is 29.4 Å². The van der Waals surface area contributed by atoms with Crippen LogP contribution in [0.2, 0.25) is 0 Å². The van der Waals surface area contributed by atoms with Crippen LogP contribution in [0.5, 0.6) is 0 Å². The summed E-state index contributed by atoms with van der Waals surface area (Å²) in [7, 11) is 1.67. The Hall–Kier alpha value is -3.62. The predicted octanol–water partition coefficient (Wildman–Crippen LogP) is 4.92. The van der Waals surface area contributed by atoms with Gasteiger partial charge in [0.25, 0.3) is 0 Å². The summed E-state index contributed by atoms with van der Waals surface area (Å²) in [5.41, 5.74) is 4.20. The molecule has 0 aliphatic rings. The summed E-state index contributed by atoms with van der Waals surface area (Å²) in [6, 6.07) is 19.4. The number of carbonyl (C=O) groups is 2. The smallest absolute Gasteiger partial charge is 0.238 e. The van der Waals surface area contributed by atoms with Gasteiger partial charge >= 0.3 is 0 Å². The SMILES string of the molecule is Cc1ccc2nc(-c3ccc(NC(=O)CN(C)CC(=O)Nc4cccc(F)c4)cc3)sc2c1. The third-order valence-electron chi connectivity index (χ3n) is 4.89. The number of likely N-dealkylation sites (N-methyl/N-ethyl adjacent to an activating group) is 1. The van der Waals surface area contributed by atoms with Crippen molar-refractivity contribution in [2.45, 2.75) is 6.92 Å². The van der Waals surface area contributed by atoms with Crippen molar-refractivity contribution in [1.29, 1.82) is 0 Å². The maximum atomic E-state index is 13.2. The molecule has 0 unspecified atom stereocenters. The lowest BCUT2D eigenvalue weighted by Gasteiger charge is -2.16. The van der Waals surface area contributed by atoms with Gasteiger partial charge in [-0.2, -0.15) is 0 Å². The average molecular weight is 463 g/mol. The van der Waals surface area contributed by atoms with Crippen LogP contribution in [0.4, 0.5) is 15.8 Å². The summed E-state index contributed by atoms with van der Waals surface area (Å²) in [5, 5.41) is 6.38. The Bertz CT molecular complexity index is 1300. The molecule has 4 rings (SSSR count). The molecule has 3 aromatic carbocycles. The molecular weight excluding hydrogens is 439 g/mol. The molecule has 0 saturated carbocycles. The van der Waals surface area contributed by atoms with Crippen molar-refractivity contribution in [3.63, 3.8) is 0 Å². The normalized spacial score (nSPS) is 11.0. The molecule has 4 aromatic rings. The van der Waals surface area contributed by atoms with Crippen LogP contribution in [0.1, 0.15) is 5.56 Å². The Labute approximate surface area is 195 Å². The first-order chi connectivity index (χ1) is 15.9. The lowest BCUT2D eigenvalue weighted by Crippen LogP contribution is -2.36. The molecule has 2 amide bonds. The number of aryl methyl sites for hydroxylation is 1. The van der Waals surface area contributed by atoms with Gasteiger partial charge in [0.15, 0.2) is 0 Å². The number of carbonyl (C=O) groups excluding carboxylic acids is 2. The molecule has 8 heteroatoms. The third-order valence-corrected chi connectivity index (χ3v) is 5.96. The van der Waals surface area contributed by atoms with Crippen molar-refractivity contribution < 1.29 is 14.0 Å². The topological polar surface area (TPSA) is 74.3 Å². The Morgan fingerprint density at radius 2 is 1.64 bits per heavy atom. The second-order valence-electron chi connectivity index (χ2n) is 7.85. The van der Waals surface area contributed by atoms with E-state index in [0.717, 1.165) is 20.8 Å². The lowest BCUT2D eigenvalue weighted by atomic mass is 10.2. The molecule has 0 aliphatic heterocycles. The molecule has 0 spiro atoms. The van der Waals surface area contributed by atoms with E-state index in [2.05, 4.69) is 28.6 Å². The fourth-order valence-corrected chi connectivity index (χ4v) is 4.43. The summed E-state index contributed by atoms with van der Waals surface area (Å²) in [6.07, 6.45) is 0. The van der Waals surface area contributed by atoms with Crippen LogP contribution in [-0.2, 0) is 9.59 Å². The molecule has 1 heterocycles. The number of fused-ring (bicyclic) bond motifs is 1. The number of amides is 2. The highest BCUT2D eigenvalue weighted by Crippen LogP contribution is 2.31. The first-order valence-electron chi connectivity index (χ1n) is 10.4. The van der Waals surface area contributed by atoms with Crippen LogP contribution in [0.25, 0.3) is 20.8 Å². The van der Waals surface area contributed by atoms with Gasteiger partial charge in [-0.1, -0.05) is 12.1 Å². The van der Waals surface area contributed by atoms with Gasteiger partial charge in [0.1, 0.15) is 10.8 Å². The zero-order chi connectivity index (χ0) is 23.4. The summed E-state index contributed by atoms with van der Waals surface area (Å²) in [4.78, 5) is 30.8. The monoisotopic (exact) mass is 462 g/mol. The molecule has 0 aliphatic carbocycles. The number of hydrogen-bond donors (Lipinski definition) is 2. The van der Waals surface area contributed by atoms with Gasteiger partial charge in [-0.15, -0.1) is 11.3 Å². The Morgan fingerprint density at radius 3 is 2.33 bits per heavy atom. The number of nitrogens with zero attached hydrogens (tertiary/aromatic N) is 2. The van der Waals surface area contributed by atoms with Gasteiger partial charge in [-0.3, -0.25) is 14.5 Å². The van der Waals surface area contributed by atoms with Crippen LogP contribution >= 0.6 is 11.3 Å². The number of rotatable bonds is 7. The van der Waals surface area contributed by atoms with Crippen molar-refractivity contribution in [3.8, 4) is 10.6 Å². The van der Waals surface area contributed by atoms with Crippen molar-refractivity contribution in [2.24, 2.45) is 0 Å². The van der Waals surface area contributed by atoms with E-state index in [1.807, 2.05) is 36.4 Å². The lowest BCUT2D eigenvalue weighted by molar-refractivity contribution is -0.119. The van der Waals surface area contributed by atoms with Gasteiger partial charge in [-0.25, -0.2) is 9.37 Å². The van der Waals surface area contributed by atoms with Gasteiger partial charge in [-0.05, 0) is 74.1 Å². The summed E-state index contributed by atoms with van der Waals surface area (Å²) < 4.78 is 14.4. The second kappa shape index (κ2) is 9.89. The number of nitrogens with one attached hydrogen (secondary N) is 2. The quantitative estimate of drug-likeness (QED) is 0.409. The zero-order valence-corrected chi connectivity index (χ0v) is 19.1. The standard InChI is InChI=1S/C25H23FN4O2S/c1-16-6-11-21-22(12-16)33-25(29-21)17-7-9-19(10-8-17)27-23(31)14-30(2)15-24(32)28-20-5-3-4-18(26)13-20/h3-13H,14-15H2,1-2H3,(H,27,31)(H,28,32). The van der Waals surface area contributed by atoms with Crippen LogP contribution in [-0.4, -0.2) is 41.8 Å². The summed E-state index contributed by atoms with van der Waals surface area (Å²) >= 11 is 1.64. The molecular formula is C25H23FN4O2S. The molecule has 33 heavy (non-hydrogen) atoms. The van der Waals surface area contributed by atoms with Crippen LogP contribution in [0.15, 0.2) is 66.7 Å². The molecule has 0 radical (unpaired) electrons. The fraction of sp³-hybridized carbons (Fsp3) is 0.160. The van der Waals surface area contributed by atoms with E-state index < -0.39 is 5.82 Å². The van der Waals surface area contributed by atoms with E-state index in [4.69, 9.17) is 0 Å². The molecule has 0 atom stereocenters. The average Bonchev–Trinajstić information content (AvgIpc) is 3.17. The maximum absolute atomic E-state index is 13.2. The van der Waals surface area contributed by atoms with Crippen molar-refractivity contribution in [2.75, 3.05) is 30.8 Å². The van der Waals surface area contributed by atoms with Crippen molar-refractivity contribution >= 4 is 44.7 Å². The Balaban J connectivity index is 1.30. The molecule has 0 fully saturated rings. The number of hydrogen-bond acceptors (Lipinski definition) is 5. The van der Waals surface area contributed by atoms with Gasteiger partial charge in [0.05, 0.1) is 23.3 Å². The van der Waals surface area contributed by atoms with Gasteiger partial charge in [0, 0.05) is 16.9 Å².